The Kier molecular flexibility index (Phi) is 5.96. The summed E-state index contributed by atoms with van der Waals surface area (Å²) in [5, 5.41) is 5.50. The van der Waals surface area contributed by atoms with Gasteiger partial charge >= 0.3 is 0 Å². The van der Waals surface area contributed by atoms with E-state index in [1.54, 1.807) is 72.8 Å². The summed E-state index contributed by atoms with van der Waals surface area (Å²) < 4.78 is 27.7. The first-order chi connectivity index (χ1) is 15.3. The first-order valence-corrected chi connectivity index (χ1v) is 11.7. The van der Waals surface area contributed by atoms with E-state index < -0.39 is 10.0 Å². The quantitative estimate of drug-likeness (QED) is 0.615. The molecule has 2 N–H and O–H groups in total. The number of amides is 2. The van der Waals surface area contributed by atoms with Crippen LogP contribution in [0.4, 0.5) is 17.1 Å². The second kappa shape index (κ2) is 8.84. The lowest BCUT2D eigenvalue weighted by Crippen LogP contribution is -2.35. The minimum absolute atomic E-state index is 0.196. The van der Waals surface area contributed by atoms with Crippen LogP contribution in [0.25, 0.3) is 0 Å². The molecule has 1 aliphatic rings. The van der Waals surface area contributed by atoms with Gasteiger partial charge in [-0.15, -0.1) is 0 Å². The van der Waals surface area contributed by atoms with Gasteiger partial charge in [-0.3, -0.25) is 13.9 Å². The molecule has 8 heteroatoms. The molecule has 7 nitrogen and oxygen atoms in total. The van der Waals surface area contributed by atoms with Crippen molar-refractivity contribution in [3.05, 3.63) is 83.9 Å². The van der Waals surface area contributed by atoms with Crippen molar-refractivity contribution in [3.63, 3.8) is 0 Å². The lowest BCUT2D eigenvalue weighted by molar-refractivity contribution is -0.114. The molecule has 0 aliphatic carbocycles. The van der Waals surface area contributed by atoms with Crippen LogP contribution in [0.3, 0.4) is 0 Å². The molecule has 0 fully saturated rings. The van der Waals surface area contributed by atoms with E-state index >= 15 is 0 Å². The van der Waals surface area contributed by atoms with Crippen molar-refractivity contribution in [1.29, 1.82) is 0 Å². The molecule has 0 spiro atoms. The summed E-state index contributed by atoms with van der Waals surface area (Å²) >= 11 is 0. The van der Waals surface area contributed by atoms with Crippen LogP contribution in [0.15, 0.2) is 77.7 Å². The number of nitrogens with zero attached hydrogens (tertiary/aromatic N) is 1. The SMILES string of the molecule is CC(=O)Nc1cccc(NC(=O)c2ccc3c(c2)CCCN3S(=O)(=O)c2ccccc2)c1. The Bertz CT molecular complexity index is 1270. The van der Waals surface area contributed by atoms with Gasteiger partial charge in [0.25, 0.3) is 15.9 Å². The number of carbonyl (C=O) groups is 2. The first-order valence-electron chi connectivity index (χ1n) is 10.2. The predicted octanol–water partition coefficient (Wildman–Crippen LogP) is 4.04. The van der Waals surface area contributed by atoms with Crippen molar-refractivity contribution < 1.29 is 18.0 Å². The summed E-state index contributed by atoms with van der Waals surface area (Å²) in [5.41, 5.74) is 2.99. The van der Waals surface area contributed by atoms with Crippen molar-refractivity contribution in [2.24, 2.45) is 0 Å². The van der Waals surface area contributed by atoms with E-state index in [-0.39, 0.29) is 16.7 Å². The highest BCUT2D eigenvalue weighted by molar-refractivity contribution is 7.92. The highest BCUT2D eigenvalue weighted by Crippen LogP contribution is 2.33. The lowest BCUT2D eigenvalue weighted by atomic mass is 10.0. The molecule has 0 unspecified atom stereocenters. The standard InChI is InChI=1S/C24H23N3O4S/c1-17(28)25-20-8-5-9-21(16-20)26-24(29)19-12-13-23-18(15-19)7-6-14-27(23)32(30,31)22-10-3-2-4-11-22/h2-5,8-13,15-16H,6-7,14H2,1H3,(H,25,28)(H,26,29). The monoisotopic (exact) mass is 449 g/mol. The van der Waals surface area contributed by atoms with Crippen LogP contribution in [0.2, 0.25) is 0 Å². The second-order valence-electron chi connectivity index (χ2n) is 7.55. The summed E-state index contributed by atoms with van der Waals surface area (Å²) in [6, 6.07) is 20.3. The molecule has 0 saturated carbocycles. The van der Waals surface area contributed by atoms with E-state index in [2.05, 4.69) is 10.6 Å². The van der Waals surface area contributed by atoms with Gasteiger partial charge in [0, 0.05) is 30.4 Å². The van der Waals surface area contributed by atoms with Crippen LogP contribution in [-0.4, -0.2) is 26.8 Å². The van der Waals surface area contributed by atoms with Gasteiger partial charge in [-0.1, -0.05) is 24.3 Å². The Morgan fingerprint density at radius 3 is 2.31 bits per heavy atom. The molecular weight excluding hydrogens is 426 g/mol. The third-order valence-corrected chi connectivity index (χ3v) is 7.02. The minimum atomic E-state index is -3.67. The summed E-state index contributed by atoms with van der Waals surface area (Å²) in [6.45, 7) is 1.81. The van der Waals surface area contributed by atoms with Crippen LogP contribution in [0, 0.1) is 0 Å². The summed E-state index contributed by atoms with van der Waals surface area (Å²) in [4.78, 5) is 24.3. The molecule has 32 heavy (non-hydrogen) atoms. The van der Waals surface area contributed by atoms with Crippen molar-refractivity contribution >= 4 is 38.9 Å². The molecule has 4 rings (SSSR count). The number of anilines is 3. The van der Waals surface area contributed by atoms with Crippen LogP contribution in [0.5, 0.6) is 0 Å². The molecule has 0 bridgehead atoms. The van der Waals surface area contributed by atoms with Crippen LogP contribution < -0.4 is 14.9 Å². The number of benzene rings is 3. The third-order valence-electron chi connectivity index (χ3n) is 5.19. The van der Waals surface area contributed by atoms with E-state index in [1.807, 2.05) is 0 Å². The highest BCUT2D eigenvalue weighted by atomic mass is 32.2. The number of fused-ring (bicyclic) bond motifs is 1. The molecule has 2 amide bonds. The maximum Gasteiger partial charge on any atom is 0.264 e. The number of carbonyl (C=O) groups excluding carboxylic acids is 2. The zero-order chi connectivity index (χ0) is 22.7. The number of aryl methyl sites for hydroxylation is 1. The molecule has 1 aliphatic heterocycles. The molecule has 0 radical (unpaired) electrons. The van der Waals surface area contributed by atoms with Crippen LogP contribution in [-0.2, 0) is 21.2 Å². The lowest BCUT2D eigenvalue weighted by Gasteiger charge is -2.30. The Morgan fingerprint density at radius 2 is 1.59 bits per heavy atom. The Balaban J connectivity index is 1.58. The zero-order valence-corrected chi connectivity index (χ0v) is 18.4. The fraction of sp³-hybridized carbons (Fsp3) is 0.167. The molecule has 0 saturated heterocycles. The smallest absolute Gasteiger partial charge is 0.264 e. The van der Waals surface area contributed by atoms with Crippen LogP contribution in [0.1, 0.15) is 29.3 Å². The maximum atomic E-state index is 13.1. The minimum Gasteiger partial charge on any atom is -0.326 e. The average Bonchev–Trinajstić information content (AvgIpc) is 2.78. The zero-order valence-electron chi connectivity index (χ0n) is 17.5. The largest absolute Gasteiger partial charge is 0.326 e. The van der Waals surface area contributed by atoms with Gasteiger partial charge in [0.1, 0.15) is 0 Å². The number of hydrogen-bond acceptors (Lipinski definition) is 4. The summed E-state index contributed by atoms with van der Waals surface area (Å²) in [7, 11) is -3.67. The predicted molar refractivity (Wildman–Crippen MR) is 124 cm³/mol. The number of rotatable bonds is 5. The maximum absolute atomic E-state index is 13.1. The topological polar surface area (TPSA) is 95.6 Å². The van der Waals surface area contributed by atoms with Gasteiger partial charge in [-0.25, -0.2) is 8.42 Å². The van der Waals surface area contributed by atoms with E-state index in [0.29, 0.717) is 42.0 Å². The molecule has 0 atom stereocenters. The van der Waals surface area contributed by atoms with E-state index in [0.717, 1.165) is 5.56 Å². The molecule has 3 aromatic rings. The second-order valence-corrected chi connectivity index (χ2v) is 9.42. The highest BCUT2D eigenvalue weighted by Gasteiger charge is 2.29. The van der Waals surface area contributed by atoms with Gasteiger partial charge in [0.2, 0.25) is 5.91 Å². The van der Waals surface area contributed by atoms with Gasteiger partial charge in [-0.2, -0.15) is 0 Å². The van der Waals surface area contributed by atoms with Crippen molar-refractivity contribution in [1.82, 2.24) is 0 Å². The summed E-state index contributed by atoms with van der Waals surface area (Å²) in [5.74, 6) is -0.506. The normalized spacial score (nSPS) is 13.2. The summed E-state index contributed by atoms with van der Waals surface area (Å²) in [6.07, 6.45) is 1.36. The van der Waals surface area contributed by atoms with Crippen molar-refractivity contribution in [3.8, 4) is 0 Å². The van der Waals surface area contributed by atoms with Gasteiger partial charge in [0.05, 0.1) is 10.6 Å². The fourth-order valence-electron chi connectivity index (χ4n) is 3.75. The van der Waals surface area contributed by atoms with E-state index in [1.165, 1.54) is 11.2 Å². The van der Waals surface area contributed by atoms with Crippen LogP contribution >= 0.6 is 0 Å². The molecule has 164 valence electrons. The molecule has 0 aromatic heterocycles. The number of sulfonamides is 1. The molecule has 3 aromatic carbocycles. The van der Waals surface area contributed by atoms with Crippen molar-refractivity contribution in [2.75, 3.05) is 21.5 Å². The van der Waals surface area contributed by atoms with Gasteiger partial charge in [0.15, 0.2) is 0 Å². The average molecular weight is 450 g/mol. The van der Waals surface area contributed by atoms with E-state index in [4.69, 9.17) is 0 Å². The first kappa shape index (κ1) is 21.6. The fourth-order valence-corrected chi connectivity index (χ4v) is 5.32. The van der Waals surface area contributed by atoms with E-state index in [9.17, 15) is 18.0 Å². The Labute approximate surface area is 187 Å². The Morgan fingerprint density at radius 1 is 0.875 bits per heavy atom. The molecule has 1 heterocycles. The van der Waals surface area contributed by atoms with Gasteiger partial charge < -0.3 is 10.6 Å². The number of nitrogens with one attached hydrogen (secondary N) is 2. The number of hydrogen-bond donors (Lipinski definition) is 2. The van der Waals surface area contributed by atoms with Crippen molar-refractivity contribution in [2.45, 2.75) is 24.7 Å². The molecular formula is C24H23N3O4S. The Hall–Kier alpha value is -3.65. The van der Waals surface area contributed by atoms with Gasteiger partial charge in [-0.05, 0) is 66.9 Å². The third kappa shape index (κ3) is 4.50.